The Hall–Kier alpha value is -4.45. The molecule has 1 spiro atoms. The summed E-state index contributed by atoms with van der Waals surface area (Å²) in [5, 5.41) is 34.5. The average Bonchev–Trinajstić information content (AvgIpc) is 3.42. The van der Waals surface area contributed by atoms with Crippen LogP contribution in [0.5, 0.6) is 28.7 Å². The number of methoxy groups -OCH3 is 3. The van der Waals surface area contributed by atoms with Crippen LogP contribution in [0, 0.1) is 5.92 Å². The highest BCUT2D eigenvalue weighted by Crippen LogP contribution is 2.56. The van der Waals surface area contributed by atoms with Crippen molar-refractivity contribution in [2.24, 2.45) is 5.92 Å². The van der Waals surface area contributed by atoms with Crippen molar-refractivity contribution >= 4 is 40.7 Å². The normalized spacial score (nSPS) is 21.9. The summed E-state index contributed by atoms with van der Waals surface area (Å²) in [6.07, 6.45) is 0.0341. The van der Waals surface area contributed by atoms with Crippen molar-refractivity contribution in [1.82, 2.24) is 4.90 Å². The Labute approximate surface area is 298 Å². The smallest absolute Gasteiger partial charge is 0.231 e. The second kappa shape index (κ2) is 13.4. The zero-order valence-corrected chi connectivity index (χ0v) is 29.4. The summed E-state index contributed by atoms with van der Waals surface area (Å²) in [5.41, 5.74) is -2.33. The summed E-state index contributed by atoms with van der Waals surface area (Å²) in [4.78, 5) is 44.0. The minimum Gasteiger partial charge on any atom is -0.507 e. The maximum Gasteiger partial charge on any atom is 0.231 e. The van der Waals surface area contributed by atoms with Crippen LogP contribution in [-0.2, 0) is 15.2 Å². The minimum atomic E-state index is -2.06. The molecule has 11 nitrogen and oxygen atoms in total. The van der Waals surface area contributed by atoms with Gasteiger partial charge in [0.1, 0.15) is 22.1 Å². The van der Waals surface area contributed by atoms with Gasteiger partial charge in [-0.05, 0) is 48.2 Å². The number of hydrogen-bond donors (Lipinski definition) is 3. The van der Waals surface area contributed by atoms with Crippen molar-refractivity contribution in [2.75, 3.05) is 34.4 Å². The van der Waals surface area contributed by atoms with Crippen LogP contribution in [0.1, 0.15) is 60.0 Å². The lowest BCUT2D eigenvalue weighted by molar-refractivity contribution is -0.136. The van der Waals surface area contributed by atoms with Gasteiger partial charge in [0.2, 0.25) is 17.3 Å². The number of hydrogen-bond acceptors (Lipinski definition) is 10. The fourth-order valence-corrected chi connectivity index (χ4v) is 7.71. The van der Waals surface area contributed by atoms with Gasteiger partial charge in [0, 0.05) is 54.4 Å². The lowest BCUT2D eigenvalue weighted by Gasteiger charge is -2.40. The molecule has 0 saturated carbocycles. The van der Waals surface area contributed by atoms with Crippen LogP contribution >= 0.6 is 23.2 Å². The molecule has 3 unspecified atom stereocenters. The SMILES string of the molecule is COc1cc(C(CC(=O)N2CCC(O)(c3ccc(Cl)cc3)CC2)C2=C(O)C3(Oc4c(Cl)c(OC)cc(OC)c4C3=O)C(C)CC2=O)ccc1O. The van der Waals surface area contributed by atoms with Crippen LogP contribution in [0.4, 0.5) is 0 Å². The third-order valence-electron chi connectivity index (χ3n) is 10.2. The van der Waals surface area contributed by atoms with Crippen molar-refractivity contribution in [2.45, 2.75) is 49.7 Å². The number of carbonyl (C=O) groups excluding carboxylic acids is 3. The number of aromatic hydroxyl groups is 1. The molecule has 1 saturated heterocycles. The van der Waals surface area contributed by atoms with E-state index in [1.54, 1.807) is 36.1 Å². The van der Waals surface area contributed by atoms with Gasteiger partial charge in [0.05, 0.1) is 26.9 Å². The molecule has 2 heterocycles. The van der Waals surface area contributed by atoms with E-state index in [0.717, 1.165) is 0 Å². The highest BCUT2D eigenvalue weighted by Gasteiger charge is 2.61. The summed E-state index contributed by atoms with van der Waals surface area (Å²) < 4.78 is 22.5. The second-order valence-electron chi connectivity index (χ2n) is 12.9. The maximum absolute atomic E-state index is 14.4. The van der Waals surface area contributed by atoms with Crippen molar-refractivity contribution in [3.63, 3.8) is 0 Å². The van der Waals surface area contributed by atoms with E-state index in [4.69, 9.17) is 42.1 Å². The number of ether oxygens (including phenoxy) is 4. The molecular formula is C37H37Cl2NO10. The van der Waals surface area contributed by atoms with Crippen LogP contribution < -0.4 is 18.9 Å². The summed E-state index contributed by atoms with van der Waals surface area (Å²) in [7, 11) is 4.12. The number of halogens is 2. The van der Waals surface area contributed by atoms with E-state index >= 15 is 0 Å². The molecule has 0 aromatic heterocycles. The molecule has 1 amide bonds. The van der Waals surface area contributed by atoms with E-state index in [0.29, 0.717) is 16.1 Å². The standard InChI is InChI=1S/C37H37Cl2NO10/c1-19-15-25(42)30(34(44)37(19)35(45)31-27(48-3)18-28(49-4)32(39)33(31)50-37)23(20-5-10-24(41)26(16-20)47-2)17-29(43)40-13-11-36(46,12-14-40)21-6-8-22(38)9-7-21/h5-10,16,18-19,23,41,44,46H,11-15,17H2,1-4H3. The molecule has 1 fully saturated rings. The largest absolute Gasteiger partial charge is 0.507 e. The van der Waals surface area contributed by atoms with Crippen LogP contribution in [-0.4, -0.2) is 77.7 Å². The maximum atomic E-state index is 14.4. The van der Waals surface area contributed by atoms with Gasteiger partial charge < -0.3 is 39.2 Å². The third-order valence-corrected chi connectivity index (χ3v) is 10.8. The second-order valence-corrected chi connectivity index (χ2v) is 13.7. The predicted molar refractivity (Wildman–Crippen MR) is 184 cm³/mol. The molecule has 0 bridgehead atoms. The van der Waals surface area contributed by atoms with Crippen molar-refractivity contribution in [3.8, 4) is 28.7 Å². The van der Waals surface area contributed by atoms with Crippen molar-refractivity contribution in [1.29, 1.82) is 0 Å². The van der Waals surface area contributed by atoms with E-state index < -0.39 is 40.4 Å². The summed E-state index contributed by atoms with van der Waals surface area (Å²) in [6, 6.07) is 12.8. The highest BCUT2D eigenvalue weighted by atomic mass is 35.5. The molecule has 0 radical (unpaired) electrons. The average molecular weight is 727 g/mol. The molecular weight excluding hydrogens is 689 g/mol. The quantitative estimate of drug-likeness (QED) is 0.247. The van der Waals surface area contributed by atoms with Gasteiger partial charge in [-0.25, -0.2) is 0 Å². The number of piperidine rings is 1. The number of amides is 1. The Morgan fingerprint density at radius 3 is 2.22 bits per heavy atom. The molecule has 3 aromatic rings. The summed E-state index contributed by atoms with van der Waals surface area (Å²) in [6.45, 7) is 2.06. The van der Waals surface area contributed by atoms with Gasteiger partial charge in [0.25, 0.3) is 0 Å². The first-order chi connectivity index (χ1) is 23.8. The molecule has 3 aliphatic rings. The number of fused-ring (bicyclic) bond motifs is 1. The number of allylic oxidation sites excluding steroid dienone is 1. The molecule has 3 atom stereocenters. The van der Waals surface area contributed by atoms with Crippen LogP contribution in [0.3, 0.4) is 0 Å². The number of rotatable bonds is 8. The Morgan fingerprint density at radius 1 is 0.960 bits per heavy atom. The first-order valence-corrected chi connectivity index (χ1v) is 16.8. The predicted octanol–water partition coefficient (Wildman–Crippen LogP) is 6.14. The highest BCUT2D eigenvalue weighted by molar-refractivity contribution is 6.35. The fourth-order valence-electron chi connectivity index (χ4n) is 7.31. The number of Topliss-reactive ketones (excluding diaryl/α,β-unsaturated/α-hetero) is 2. The van der Waals surface area contributed by atoms with E-state index in [2.05, 4.69) is 0 Å². The number of ketones is 2. The van der Waals surface area contributed by atoms with Gasteiger partial charge in [-0.15, -0.1) is 0 Å². The topological polar surface area (TPSA) is 152 Å². The Kier molecular flexibility index (Phi) is 9.45. The van der Waals surface area contributed by atoms with Gasteiger partial charge in [0.15, 0.2) is 28.8 Å². The molecule has 1 aliphatic carbocycles. The third kappa shape index (κ3) is 5.71. The van der Waals surface area contributed by atoms with E-state index in [1.807, 2.05) is 0 Å². The summed E-state index contributed by atoms with van der Waals surface area (Å²) >= 11 is 12.6. The Morgan fingerprint density at radius 2 is 1.60 bits per heavy atom. The molecule has 6 rings (SSSR count). The molecule has 50 heavy (non-hydrogen) atoms. The van der Waals surface area contributed by atoms with E-state index in [1.165, 1.54) is 45.6 Å². The van der Waals surface area contributed by atoms with E-state index in [-0.39, 0.29) is 89.6 Å². The number of aliphatic hydroxyl groups is 2. The van der Waals surface area contributed by atoms with E-state index in [9.17, 15) is 29.7 Å². The number of nitrogens with zero attached hydrogens (tertiary/aromatic N) is 1. The minimum absolute atomic E-state index is 0.00850. The number of benzene rings is 3. The van der Waals surface area contributed by atoms with Crippen molar-refractivity contribution < 1.29 is 48.7 Å². The molecule has 264 valence electrons. The monoisotopic (exact) mass is 725 g/mol. The van der Waals surface area contributed by atoms with Crippen LogP contribution in [0.15, 0.2) is 59.9 Å². The molecule has 13 heteroatoms. The number of phenolic OH excluding ortho intramolecular Hbond substituents is 1. The Bertz CT molecular complexity index is 1900. The number of aliphatic hydroxyl groups excluding tert-OH is 1. The van der Waals surface area contributed by atoms with Crippen LogP contribution in [0.2, 0.25) is 10.0 Å². The molecule has 2 aliphatic heterocycles. The lowest BCUT2D eigenvalue weighted by atomic mass is 9.69. The zero-order chi connectivity index (χ0) is 36.1. The number of likely N-dealkylation sites (tertiary alicyclic amines) is 1. The zero-order valence-electron chi connectivity index (χ0n) is 27.9. The first-order valence-electron chi connectivity index (χ1n) is 16.1. The first kappa shape index (κ1) is 35.4. The lowest BCUT2D eigenvalue weighted by Crippen LogP contribution is -2.53. The number of phenols is 1. The summed E-state index contributed by atoms with van der Waals surface area (Å²) in [5.74, 6) is -3.91. The van der Waals surface area contributed by atoms with Gasteiger partial charge >= 0.3 is 0 Å². The van der Waals surface area contributed by atoms with Gasteiger partial charge in [-0.1, -0.05) is 48.3 Å². The Balaban J connectivity index is 1.40. The van der Waals surface area contributed by atoms with Gasteiger partial charge in [-0.2, -0.15) is 0 Å². The number of carbonyl (C=O) groups is 3. The molecule has 3 N–H and O–H groups in total. The van der Waals surface area contributed by atoms with Crippen LogP contribution in [0.25, 0.3) is 0 Å². The fraction of sp³-hybridized carbons (Fsp3) is 0.378. The molecule has 3 aromatic carbocycles. The van der Waals surface area contributed by atoms with Gasteiger partial charge in [-0.3, -0.25) is 14.4 Å². The van der Waals surface area contributed by atoms with Crippen molar-refractivity contribution in [3.05, 3.63) is 86.6 Å².